The van der Waals surface area contributed by atoms with Crippen molar-refractivity contribution in [2.75, 3.05) is 0 Å². The number of benzene rings is 1. The summed E-state index contributed by atoms with van der Waals surface area (Å²) in [5, 5.41) is 9.99. The molecule has 0 spiro atoms. The van der Waals surface area contributed by atoms with Gasteiger partial charge in [-0.25, -0.2) is 0 Å². The summed E-state index contributed by atoms with van der Waals surface area (Å²) in [5.74, 6) is 2.89. The Morgan fingerprint density at radius 3 is 2.96 bits per heavy atom. The van der Waals surface area contributed by atoms with Crippen molar-refractivity contribution in [2.24, 2.45) is 17.3 Å². The zero-order valence-corrected chi connectivity index (χ0v) is 14.6. The SMILES string of the molecule is CCCC=C1C[C@@H]2[C@H](CC[C@]3(C)CCC[C@@H]23)c2ccc(O)cc21. The fourth-order valence-corrected chi connectivity index (χ4v) is 5.97. The van der Waals surface area contributed by atoms with Gasteiger partial charge in [0.05, 0.1) is 0 Å². The molecule has 4 rings (SSSR count). The van der Waals surface area contributed by atoms with Crippen molar-refractivity contribution in [1.82, 2.24) is 0 Å². The van der Waals surface area contributed by atoms with Gasteiger partial charge >= 0.3 is 0 Å². The topological polar surface area (TPSA) is 20.2 Å². The molecule has 3 aliphatic rings. The lowest BCUT2D eigenvalue weighted by Gasteiger charge is -2.49. The fraction of sp³-hybridized carbons (Fsp3) is 0.636. The third kappa shape index (κ3) is 2.44. The molecular formula is C22H30O. The van der Waals surface area contributed by atoms with E-state index in [1.807, 2.05) is 12.1 Å². The van der Waals surface area contributed by atoms with Gasteiger partial charge < -0.3 is 5.11 Å². The zero-order chi connectivity index (χ0) is 16.0. The van der Waals surface area contributed by atoms with Crippen LogP contribution < -0.4 is 0 Å². The van der Waals surface area contributed by atoms with Gasteiger partial charge in [0.25, 0.3) is 0 Å². The summed E-state index contributed by atoms with van der Waals surface area (Å²) in [6, 6.07) is 6.15. The fourth-order valence-electron chi connectivity index (χ4n) is 5.97. The molecule has 2 fully saturated rings. The summed E-state index contributed by atoms with van der Waals surface area (Å²) < 4.78 is 0. The Labute approximate surface area is 140 Å². The number of hydrogen-bond acceptors (Lipinski definition) is 1. The van der Waals surface area contributed by atoms with Crippen LogP contribution in [0.4, 0.5) is 0 Å². The van der Waals surface area contributed by atoms with Gasteiger partial charge in [-0.15, -0.1) is 0 Å². The number of aromatic hydroxyl groups is 1. The number of rotatable bonds is 2. The first-order valence-corrected chi connectivity index (χ1v) is 9.65. The second kappa shape index (κ2) is 5.69. The Bertz CT molecular complexity index is 629. The van der Waals surface area contributed by atoms with Crippen LogP contribution in [0.5, 0.6) is 5.75 Å². The van der Waals surface area contributed by atoms with Crippen LogP contribution in [0, 0.1) is 17.3 Å². The largest absolute Gasteiger partial charge is 0.508 e. The van der Waals surface area contributed by atoms with Gasteiger partial charge in [-0.3, -0.25) is 0 Å². The molecule has 4 atom stereocenters. The highest BCUT2D eigenvalue weighted by molar-refractivity contribution is 5.72. The van der Waals surface area contributed by atoms with Crippen molar-refractivity contribution < 1.29 is 5.11 Å². The minimum Gasteiger partial charge on any atom is -0.508 e. The zero-order valence-electron chi connectivity index (χ0n) is 14.6. The van der Waals surface area contributed by atoms with Crippen molar-refractivity contribution in [3.8, 4) is 5.75 Å². The number of phenols is 1. The number of phenolic OH excluding ortho intramolecular Hbond substituents is 1. The van der Waals surface area contributed by atoms with Crippen LogP contribution >= 0.6 is 0 Å². The molecule has 0 aromatic heterocycles. The Kier molecular flexibility index (Phi) is 3.78. The second-order valence-electron chi connectivity index (χ2n) is 8.46. The van der Waals surface area contributed by atoms with Crippen LogP contribution in [0.3, 0.4) is 0 Å². The van der Waals surface area contributed by atoms with Gasteiger partial charge in [-0.2, -0.15) is 0 Å². The number of fused-ring (bicyclic) bond motifs is 5. The average Bonchev–Trinajstić information content (AvgIpc) is 2.94. The maximum atomic E-state index is 9.99. The maximum absolute atomic E-state index is 9.99. The van der Waals surface area contributed by atoms with Gasteiger partial charge in [-0.05, 0) is 90.5 Å². The Hall–Kier alpha value is -1.24. The van der Waals surface area contributed by atoms with Crippen molar-refractivity contribution >= 4 is 5.57 Å². The number of hydrogen-bond donors (Lipinski definition) is 1. The van der Waals surface area contributed by atoms with E-state index >= 15 is 0 Å². The van der Waals surface area contributed by atoms with E-state index < -0.39 is 0 Å². The molecule has 0 heterocycles. The number of unbranched alkanes of at least 4 members (excludes halogenated alkanes) is 1. The first kappa shape index (κ1) is 15.3. The minimum absolute atomic E-state index is 0.422. The monoisotopic (exact) mass is 310 g/mol. The average molecular weight is 310 g/mol. The third-order valence-corrected chi connectivity index (χ3v) is 7.14. The predicted molar refractivity (Wildman–Crippen MR) is 96.5 cm³/mol. The second-order valence-corrected chi connectivity index (χ2v) is 8.46. The summed E-state index contributed by atoms with van der Waals surface area (Å²) in [5.41, 5.74) is 4.98. The standard InChI is InChI=1S/C22H30O/c1-3-4-6-15-13-20-18(17-9-8-16(23)14-19(15)17)10-12-22(2)11-5-7-21(20)22/h6,8-9,14,18,20-21,23H,3-5,7,10-13H2,1-2H3/t18-,20-,21+,22+/m1/s1. The van der Waals surface area contributed by atoms with Crippen molar-refractivity contribution in [3.63, 3.8) is 0 Å². The molecule has 0 aliphatic heterocycles. The molecule has 0 unspecified atom stereocenters. The molecule has 0 radical (unpaired) electrons. The van der Waals surface area contributed by atoms with Crippen LogP contribution in [0.25, 0.3) is 5.57 Å². The molecule has 1 N–H and O–H groups in total. The van der Waals surface area contributed by atoms with Crippen LogP contribution in [-0.2, 0) is 0 Å². The molecule has 1 aromatic rings. The smallest absolute Gasteiger partial charge is 0.116 e. The number of allylic oxidation sites excluding steroid dienone is 2. The lowest BCUT2D eigenvalue weighted by atomic mass is 9.55. The van der Waals surface area contributed by atoms with Crippen molar-refractivity contribution in [2.45, 2.75) is 71.1 Å². The first-order valence-electron chi connectivity index (χ1n) is 9.65. The van der Waals surface area contributed by atoms with E-state index in [2.05, 4.69) is 26.0 Å². The van der Waals surface area contributed by atoms with E-state index in [1.54, 1.807) is 0 Å². The summed E-state index contributed by atoms with van der Waals surface area (Å²) in [7, 11) is 0. The van der Waals surface area contributed by atoms with Crippen LogP contribution in [-0.4, -0.2) is 5.11 Å². The maximum Gasteiger partial charge on any atom is 0.116 e. The summed E-state index contributed by atoms with van der Waals surface area (Å²) in [6.07, 6.45) is 13.1. The summed E-state index contributed by atoms with van der Waals surface area (Å²) in [4.78, 5) is 0. The normalized spacial score (nSPS) is 37.3. The Morgan fingerprint density at radius 1 is 1.26 bits per heavy atom. The third-order valence-electron chi connectivity index (χ3n) is 7.14. The van der Waals surface area contributed by atoms with E-state index in [0.29, 0.717) is 11.2 Å². The minimum atomic E-state index is 0.422. The molecule has 2 saturated carbocycles. The van der Waals surface area contributed by atoms with E-state index in [4.69, 9.17) is 0 Å². The molecule has 1 heteroatoms. The van der Waals surface area contributed by atoms with Crippen LogP contribution in [0.15, 0.2) is 24.3 Å². The van der Waals surface area contributed by atoms with Crippen LogP contribution in [0.1, 0.15) is 82.3 Å². The molecular weight excluding hydrogens is 280 g/mol. The lowest BCUT2D eigenvalue weighted by Crippen LogP contribution is -2.39. The Morgan fingerprint density at radius 2 is 2.13 bits per heavy atom. The highest BCUT2D eigenvalue weighted by Crippen LogP contribution is 2.62. The van der Waals surface area contributed by atoms with E-state index in [9.17, 15) is 5.11 Å². The molecule has 0 amide bonds. The van der Waals surface area contributed by atoms with Crippen molar-refractivity contribution in [1.29, 1.82) is 0 Å². The summed E-state index contributed by atoms with van der Waals surface area (Å²) >= 11 is 0. The van der Waals surface area contributed by atoms with Gasteiger partial charge in [0.2, 0.25) is 0 Å². The van der Waals surface area contributed by atoms with Gasteiger partial charge in [-0.1, -0.05) is 38.8 Å². The van der Waals surface area contributed by atoms with E-state index in [0.717, 1.165) is 24.2 Å². The first-order chi connectivity index (χ1) is 11.1. The van der Waals surface area contributed by atoms with Gasteiger partial charge in [0.1, 0.15) is 5.75 Å². The highest BCUT2D eigenvalue weighted by Gasteiger charge is 2.50. The predicted octanol–water partition coefficient (Wildman–Crippen LogP) is 6.28. The summed E-state index contributed by atoms with van der Waals surface area (Å²) in [6.45, 7) is 4.81. The highest BCUT2D eigenvalue weighted by atomic mass is 16.3. The lowest BCUT2D eigenvalue weighted by molar-refractivity contribution is 0.0701. The molecule has 0 bridgehead atoms. The van der Waals surface area contributed by atoms with Gasteiger partial charge in [0, 0.05) is 0 Å². The molecule has 0 saturated heterocycles. The van der Waals surface area contributed by atoms with E-state index in [1.165, 1.54) is 61.6 Å². The van der Waals surface area contributed by atoms with Crippen molar-refractivity contribution in [3.05, 3.63) is 35.4 Å². The Balaban J connectivity index is 1.77. The molecule has 1 nitrogen and oxygen atoms in total. The quantitative estimate of drug-likeness (QED) is 0.681. The van der Waals surface area contributed by atoms with Crippen LogP contribution in [0.2, 0.25) is 0 Å². The molecule has 3 aliphatic carbocycles. The van der Waals surface area contributed by atoms with E-state index in [-0.39, 0.29) is 0 Å². The van der Waals surface area contributed by atoms with Gasteiger partial charge in [0.15, 0.2) is 0 Å². The molecule has 1 aromatic carbocycles. The molecule has 124 valence electrons. The molecule has 23 heavy (non-hydrogen) atoms.